The van der Waals surface area contributed by atoms with Gasteiger partial charge in [0.25, 0.3) is 0 Å². The van der Waals surface area contributed by atoms with Gasteiger partial charge in [-0.3, -0.25) is 0 Å². The number of hydrogen-bond acceptors (Lipinski definition) is 0. The summed E-state index contributed by atoms with van der Waals surface area (Å²) in [6, 6.07) is 33.5. The molecule has 0 unspecified atom stereocenters. The van der Waals surface area contributed by atoms with Gasteiger partial charge in [0, 0.05) is 16.7 Å². The van der Waals surface area contributed by atoms with Crippen molar-refractivity contribution in [3.63, 3.8) is 0 Å². The van der Waals surface area contributed by atoms with E-state index < -0.39 is 0 Å². The summed E-state index contributed by atoms with van der Waals surface area (Å²) in [7, 11) is 0. The van der Waals surface area contributed by atoms with E-state index in [1.165, 1.54) is 107 Å². The van der Waals surface area contributed by atoms with Crippen molar-refractivity contribution >= 4 is 0 Å². The molecule has 3 aromatic rings. The van der Waals surface area contributed by atoms with E-state index in [0.29, 0.717) is 0 Å². The molecule has 0 spiro atoms. The first-order chi connectivity index (χ1) is 19.3. The Morgan fingerprint density at radius 1 is 0.436 bits per heavy atom. The van der Waals surface area contributed by atoms with Crippen molar-refractivity contribution in [2.75, 3.05) is 6.54 Å². The summed E-state index contributed by atoms with van der Waals surface area (Å²) in [5, 5.41) is 0. The average Bonchev–Trinajstić information content (AvgIpc) is 2.97. The fourth-order valence-corrected chi connectivity index (χ4v) is 5.96. The molecule has 0 N–H and O–H groups in total. The van der Waals surface area contributed by atoms with E-state index in [-0.39, 0.29) is 0 Å². The van der Waals surface area contributed by atoms with Crippen LogP contribution in [0.15, 0.2) is 103 Å². The molecule has 0 aliphatic carbocycles. The van der Waals surface area contributed by atoms with Gasteiger partial charge in [-0.05, 0) is 32.6 Å². The van der Waals surface area contributed by atoms with Crippen LogP contribution in [0, 0.1) is 0 Å². The van der Waals surface area contributed by atoms with E-state index in [0.717, 1.165) is 24.1 Å². The van der Waals surface area contributed by atoms with E-state index in [4.69, 9.17) is 0 Å². The molecule has 0 aromatic heterocycles. The van der Waals surface area contributed by atoms with Crippen LogP contribution in [0.3, 0.4) is 0 Å². The number of benzene rings is 3. The smallest absolute Gasteiger partial charge is 0.105 e. The number of nitrogens with zero attached hydrogens (tertiary/aromatic N) is 1. The van der Waals surface area contributed by atoms with Gasteiger partial charge in [-0.25, -0.2) is 0 Å². The Morgan fingerprint density at radius 2 is 0.769 bits per heavy atom. The van der Waals surface area contributed by atoms with Crippen molar-refractivity contribution in [1.82, 2.24) is 0 Å². The standard InChI is InChI=1S/C38H54N/c1-2-3-4-5-6-7-8-9-10-11-12-13-14-15-25-32-39(33-36-26-19-16-20-27-36,34-37-28-21-17-22-29-37)35-38-30-23-18-24-31-38/h2-3,16-24,26-31H,4-15,25,32-35H2,1H3/q+1/b3-2+. The van der Waals surface area contributed by atoms with Crippen molar-refractivity contribution in [1.29, 1.82) is 0 Å². The fraction of sp³-hybridized carbons (Fsp3) is 0.474. The average molecular weight is 525 g/mol. The zero-order valence-electron chi connectivity index (χ0n) is 24.8. The first kappa shape index (κ1) is 30.9. The lowest BCUT2D eigenvalue weighted by Gasteiger charge is -2.39. The Kier molecular flexibility index (Phi) is 15.4. The zero-order chi connectivity index (χ0) is 27.3. The molecule has 1 nitrogen and oxygen atoms in total. The van der Waals surface area contributed by atoms with Gasteiger partial charge >= 0.3 is 0 Å². The van der Waals surface area contributed by atoms with Crippen molar-refractivity contribution in [2.24, 2.45) is 0 Å². The molecule has 0 amide bonds. The Balaban J connectivity index is 1.46. The van der Waals surface area contributed by atoms with Crippen molar-refractivity contribution < 1.29 is 4.48 Å². The van der Waals surface area contributed by atoms with E-state index in [1.54, 1.807) is 0 Å². The summed E-state index contributed by atoms with van der Waals surface area (Å²) < 4.78 is 1.09. The summed E-state index contributed by atoms with van der Waals surface area (Å²) in [6.07, 6.45) is 22.5. The van der Waals surface area contributed by atoms with Crippen LogP contribution in [-0.4, -0.2) is 11.0 Å². The minimum absolute atomic E-state index is 1.08. The second-order valence-corrected chi connectivity index (χ2v) is 11.6. The van der Waals surface area contributed by atoms with Gasteiger partial charge < -0.3 is 4.48 Å². The summed E-state index contributed by atoms with van der Waals surface area (Å²) in [5.74, 6) is 0. The lowest BCUT2D eigenvalue weighted by molar-refractivity contribution is -0.966. The SMILES string of the molecule is C/C=C/CCCCCCCCCCCCCC[N+](Cc1ccccc1)(Cc1ccccc1)Cc1ccccc1. The maximum absolute atomic E-state index is 2.31. The number of hydrogen-bond donors (Lipinski definition) is 0. The number of quaternary nitrogens is 1. The zero-order valence-corrected chi connectivity index (χ0v) is 24.8. The minimum atomic E-state index is 1.08. The van der Waals surface area contributed by atoms with Crippen LogP contribution < -0.4 is 0 Å². The second-order valence-electron chi connectivity index (χ2n) is 11.6. The highest BCUT2D eigenvalue weighted by molar-refractivity contribution is 5.17. The molecule has 0 aliphatic heterocycles. The summed E-state index contributed by atoms with van der Waals surface area (Å²) in [4.78, 5) is 0. The lowest BCUT2D eigenvalue weighted by atomic mass is 10.0. The quantitative estimate of drug-likeness (QED) is 0.0738. The molecule has 3 rings (SSSR count). The van der Waals surface area contributed by atoms with Gasteiger partial charge in [0.2, 0.25) is 0 Å². The Morgan fingerprint density at radius 3 is 1.13 bits per heavy atom. The maximum atomic E-state index is 2.31. The van der Waals surface area contributed by atoms with Crippen LogP contribution in [0.4, 0.5) is 0 Å². The number of rotatable bonds is 21. The highest BCUT2D eigenvalue weighted by Gasteiger charge is 2.28. The van der Waals surface area contributed by atoms with Crippen LogP contribution >= 0.6 is 0 Å². The predicted molar refractivity (Wildman–Crippen MR) is 170 cm³/mol. The number of allylic oxidation sites excluding steroid dienone is 2. The van der Waals surface area contributed by atoms with Gasteiger partial charge in [0.05, 0.1) is 6.54 Å². The molecule has 3 aromatic carbocycles. The molecule has 0 fully saturated rings. The predicted octanol–water partition coefficient (Wildman–Crippen LogP) is 11.1. The van der Waals surface area contributed by atoms with Crippen LogP contribution in [-0.2, 0) is 19.6 Å². The van der Waals surface area contributed by atoms with Crippen molar-refractivity contribution in [2.45, 2.75) is 110 Å². The van der Waals surface area contributed by atoms with Gasteiger partial charge in [-0.1, -0.05) is 161 Å². The molecular formula is C38H54N+. The van der Waals surface area contributed by atoms with Crippen LogP contribution in [0.2, 0.25) is 0 Å². The second kappa shape index (κ2) is 19.4. The molecule has 0 aliphatic rings. The van der Waals surface area contributed by atoms with E-state index in [9.17, 15) is 0 Å². The van der Waals surface area contributed by atoms with Crippen LogP contribution in [0.25, 0.3) is 0 Å². The fourth-order valence-electron chi connectivity index (χ4n) is 5.96. The molecule has 0 saturated heterocycles. The van der Waals surface area contributed by atoms with Crippen LogP contribution in [0.1, 0.15) is 107 Å². The highest BCUT2D eigenvalue weighted by atomic mass is 15.3. The third kappa shape index (κ3) is 13.3. The molecule has 0 heterocycles. The summed E-state index contributed by atoms with van der Waals surface area (Å²) >= 11 is 0. The minimum Gasteiger partial charge on any atom is -0.312 e. The summed E-state index contributed by atoms with van der Waals surface area (Å²) in [5.41, 5.74) is 4.34. The molecule has 0 bridgehead atoms. The van der Waals surface area contributed by atoms with E-state index in [1.807, 2.05) is 0 Å². The molecule has 0 saturated carbocycles. The third-order valence-corrected chi connectivity index (χ3v) is 8.07. The Bertz CT molecular complexity index is 891. The molecule has 1 heteroatoms. The first-order valence-electron chi connectivity index (χ1n) is 15.9. The van der Waals surface area contributed by atoms with Crippen LogP contribution in [0.5, 0.6) is 0 Å². The topological polar surface area (TPSA) is 0 Å². The monoisotopic (exact) mass is 524 g/mol. The first-order valence-corrected chi connectivity index (χ1v) is 15.9. The lowest BCUT2D eigenvalue weighted by Crippen LogP contribution is -2.46. The van der Waals surface area contributed by atoms with Crippen molar-refractivity contribution in [3.8, 4) is 0 Å². The molecule has 39 heavy (non-hydrogen) atoms. The molecule has 0 atom stereocenters. The summed E-state index contributed by atoms with van der Waals surface area (Å²) in [6.45, 7) is 6.60. The molecular weight excluding hydrogens is 470 g/mol. The number of unbranched alkanes of at least 4 members (excludes halogenated alkanes) is 12. The van der Waals surface area contributed by atoms with Gasteiger partial charge in [0.15, 0.2) is 0 Å². The van der Waals surface area contributed by atoms with Gasteiger partial charge in [0.1, 0.15) is 19.6 Å². The normalized spacial score (nSPS) is 11.8. The molecule has 0 radical (unpaired) electrons. The van der Waals surface area contributed by atoms with Gasteiger partial charge in [-0.15, -0.1) is 0 Å². The van der Waals surface area contributed by atoms with Crippen molar-refractivity contribution in [3.05, 3.63) is 120 Å². The molecule has 210 valence electrons. The van der Waals surface area contributed by atoms with E-state index in [2.05, 4.69) is 110 Å². The Hall–Kier alpha value is -2.64. The third-order valence-electron chi connectivity index (χ3n) is 8.07. The largest absolute Gasteiger partial charge is 0.312 e. The van der Waals surface area contributed by atoms with Gasteiger partial charge in [-0.2, -0.15) is 0 Å². The van der Waals surface area contributed by atoms with E-state index >= 15 is 0 Å². The Labute approximate surface area is 240 Å². The highest BCUT2D eigenvalue weighted by Crippen LogP contribution is 2.26. The maximum Gasteiger partial charge on any atom is 0.105 e.